The number of aromatic nitrogens is 2. The second kappa shape index (κ2) is 4.98. The maximum atomic E-state index is 13.0. The Hall–Kier alpha value is -3.08. The Labute approximate surface area is 131 Å². The molecule has 0 fully saturated rings. The van der Waals surface area contributed by atoms with Crippen molar-refractivity contribution in [3.63, 3.8) is 0 Å². The number of phenolic OH excluding ortho intramolecular Hbond substituents is 1. The highest BCUT2D eigenvalue weighted by Gasteiger charge is 2.14. The number of pyridine rings is 1. The van der Waals surface area contributed by atoms with E-state index in [0.29, 0.717) is 23.1 Å². The highest BCUT2D eigenvalue weighted by molar-refractivity contribution is 6.13. The van der Waals surface area contributed by atoms with E-state index in [0.717, 1.165) is 16.3 Å². The molecule has 4 rings (SSSR count). The van der Waals surface area contributed by atoms with Crippen molar-refractivity contribution < 1.29 is 9.50 Å². The summed E-state index contributed by atoms with van der Waals surface area (Å²) in [6.07, 6.45) is 5.35. The van der Waals surface area contributed by atoms with Gasteiger partial charge < -0.3 is 15.4 Å². The van der Waals surface area contributed by atoms with E-state index in [1.165, 1.54) is 12.1 Å². The maximum Gasteiger partial charge on any atom is 0.151 e. The number of nitrogens with two attached hydrogens (primary N) is 1. The van der Waals surface area contributed by atoms with E-state index in [1.807, 2.05) is 23.0 Å². The van der Waals surface area contributed by atoms with E-state index in [2.05, 4.69) is 4.98 Å². The number of nitrogen functional groups attached to an aromatic ring is 1. The smallest absolute Gasteiger partial charge is 0.151 e. The van der Waals surface area contributed by atoms with Crippen molar-refractivity contribution >= 4 is 27.4 Å². The van der Waals surface area contributed by atoms with Crippen molar-refractivity contribution in [2.45, 2.75) is 6.54 Å². The van der Waals surface area contributed by atoms with Crippen LogP contribution in [-0.2, 0) is 6.54 Å². The number of fused-ring (bicyclic) bond motifs is 2. The van der Waals surface area contributed by atoms with Crippen molar-refractivity contribution in [3.05, 3.63) is 66.4 Å². The van der Waals surface area contributed by atoms with Gasteiger partial charge in [0.15, 0.2) is 5.75 Å². The second-order valence-corrected chi connectivity index (χ2v) is 5.55. The van der Waals surface area contributed by atoms with Crippen LogP contribution < -0.4 is 5.73 Å². The molecular weight excluding hydrogens is 293 g/mol. The molecule has 3 N–H and O–H groups in total. The summed E-state index contributed by atoms with van der Waals surface area (Å²) in [6, 6.07) is 9.97. The van der Waals surface area contributed by atoms with Gasteiger partial charge in [0.2, 0.25) is 0 Å². The van der Waals surface area contributed by atoms with Crippen LogP contribution in [0.2, 0.25) is 0 Å². The van der Waals surface area contributed by atoms with Crippen molar-refractivity contribution in [1.82, 2.24) is 9.55 Å². The number of hydrogen-bond acceptors (Lipinski definition) is 3. The summed E-state index contributed by atoms with van der Waals surface area (Å²) < 4.78 is 14.9. The standard InChI is InChI=1S/C18H14FN3O/c19-12-5-3-11(4-6-12)8-22-9-14-15(10-22)18(23)17-13(16(14)20)2-1-7-21-17/h1-7,9-10,23H,8,20H2. The molecule has 0 bridgehead atoms. The van der Waals surface area contributed by atoms with Gasteiger partial charge in [0.1, 0.15) is 11.3 Å². The molecule has 0 saturated heterocycles. The summed E-state index contributed by atoms with van der Waals surface area (Å²) in [4.78, 5) is 4.21. The van der Waals surface area contributed by atoms with Gasteiger partial charge in [-0.3, -0.25) is 4.98 Å². The zero-order valence-electron chi connectivity index (χ0n) is 12.2. The molecule has 0 aliphatic heterocycles. The lowest BCUT2D eigenvalue weighted by atomic mass is 10.1. The lowest BCUT2D eigenvalue weighted by Gasteiger charge is -2.05. The van der Waals surface area contributed by atoms with E-state index < -0.39 is 0 Å². The van der Waals surface area contributed by atoms with Crippen LogP contribution in [0.4, 0.5) is 10.1 Å². The Morgan fingerprint density at radius 2 is 1.78 bits per heavy atom. The molecule has 4 aromatic rings. The van der Waals surface area contributed by atoms with Gasteiger partial charge in [0.25, 0.3) is 0 Å². The minimum atomic E-state index is -0.259. The predicted octanol–water partition coefficient (Wildman–Crippen LogP) is 3.66. The van der Waals surface area contributed by atoms with E-state index in [4.69, 9.17) is 5.73 Å². The molecule has 2 heterocycles. The molecule has 0 radical (unpaired) electrons. The monoisotopic (exact) mass is 307 g/mol. The van der Waals surface area contributed by atoms with E-state index in [9.17, 15) is 9.50 Å². The van der Waals surface area contributed by atoms with Crippen LogP contribution in [0.1, 0.15) is 5.56 Å². The van der Waals surface area contributed by atoms with Gasteiger partial charge in [-0.1, -0.05) is 12.1 Å². The number of rotatable bonds is 2. The third kappa shape index (κ3) is 2.17. The first-order chi connectivity index (χ1) is 11.1. The first-order valence-electron chi connectivity index (χ1n) is 7.22. The van der Waals surface area contributed by atoms with Gasteiger partial charge in [-0.05, 0) is 29.8 Å². The molecule has 2 aromatic heterocycles. The largest absolute Gasteiger partial charge is 0.505 e. The number of benzene rings is 2. The fourth-order valence-electron chi connectivity index (χ4n) is 2.89. The Morgan fingerprint density at radius 3 is 2.57 bits per heavy atom. The number of nitrogens with zero attached hydrogens (tertiary/aromatic N) is 2. The molecule has 0 spiro atoms. The van der Waals surface area contributed by atoms with Crippen molar-refractivity contribution in [3.8, 4) is 5.75 Å². The first-order valence-corrected chi connectivity index (χ1v) is 7.22. The quantitative estimate of drug-likeness (QED) is 0.439. The molecule has 0 amide bonds. The number of phenols is 1. The molecule has 0 aliphatic carbocycles. The lowest BCUT2D eigenvalue weighted by molar-refractivity contribution is 0.486. The third-order valence-electron chi connectivity index (χ3n) is 4.03. The topological polar surface area (TPSA) is 64.1 Å². The summed E-state index contributed by atoms with van der Waals surface area (Å²) in [5.41, 5.74) is 8.29. The molecule has 0 atom stereocenters. The van der Waals surface area contributed by atoms with Crippen molar-refractivity contribution in [2.75, 3.05) is 5.73 Å². The van der Waals surface area contributed by atoms with Crippen LogP contribution in [0.3, 0.4) is 0 Å². The normalized spacial score (nSPS) is 11.3. The van der Waals surface area contributed by atoms with Gasteiger partial charge in [0, 0.05) is 41.3 Å². The van der Waals surface area contributed by atoms with Crippen LogP contribution in [0.15, 0.2) is 55.0 Å². The van der Waals surface area contributed by atoms with Crippen LogP contribution in [0.5, 0.6) is 5.75 Å². The average molecular weight is 307 g/mol. The number of aromatic hydroxyl groups is 1. The Kier molecular flexibility index (Phi) is 2.94. The molecule has 0 unspecified atom stereocenters. The highest BCUT2D eigenvalue weighted by Crippen LogP contribution is 2.38. The van der Waals surface area contributed by atoms with Crippen LogP contribution >= 0.6 is 0 Å². The lowest BCUT2D eigenvalue weighted by Crippen LogP contribution is -1.95. The van der Waals surface area contributed by atoms with Gasteiger partial charge in [0.05, 0.1) is 5.69 Å². The Bertz CT molecular complexity index is 963. The van der Waals surface area contributed by atoms with Gasteiger partial charge in [-0.15, -0.1) is 0 Å². The Balaban J connectivity index is 1.87. The van der Waals surface area contributed by atoms with Crippen LogP contribution in [0, 0.1) is 5.82 Å². The molecule has 23 heavy (non-hydrogen) atoms. The Morgan fingerprint density at radius 1 is 1.04 bits per heavy atom. The minimum absolute atomic E-state index is 0.127. The van der Waals surface area contributed by atoms with Crippen LogP contribution in [0.25, 0.3) is 21.7 Å². The summed E-state index contributed by atoms with van der Waals surface area (Å²) in [5.74, 6) is -0.131. The fourth-order valence-corrected chi connectivity index (χ4v) is 2.89. The molecule has 5 heteroatoms. The summed E-state index contributed by atoms with van der Waals surface area (Å²) in [6.45, 7) is 0.567. The average Bonchev–Trinajstić information content (AvgIpc) is 2.99. The number of halogens is 1. The molecule has 2 aromatic carbocycles. The summed E-state index contributed by atoms with van der Waals surface area (Å²) in [5, 5.41) is 12.6. The van der Waals surface area contributed by atoms with E-state index >= 15 is 0 Å². The SMILES string of the molecule is Nc1c2cn(Cc3ccc(F)cc3)cc2c(O)c2ncccc12. The summed E-state index contributed by atoms with van der Waals surface area (Å²) in [7, 11) is 0. The fraction of sp³-hybridized carbons (Fsp3) is 0.0556. The zero-order valence-corrected chi connectivity index (χ0v) is 12.2. The van der Waals surface area contributed by atoms with Crippen molar-refractivity contribution in [2.24, 2.45) is 0 Å². The van der Waals surface area contributed by atoms with Gasteiger partial charge >= 0.3 is 0 Å². The zero-order chi connectivity index (χ0) is 16.0. The molecular formula is C18H14FN3O. The van der Waals surface area contributed by atoms with E-state index in [-0.39, 0.29) is 11.6 Å². The van der Waals surface area contributed by atoms with Gasteiger partial charge in [-0.2, -0.15) is 0 Å². The minimum Gasteiger partial charge on any atom is -0.505 e. The highest BCUT2D eigenvalue weighted by atomic mass is 19.1. The van der Waals surface area contributed by atoms with Crippen molar-refractivity contribution in [1.29, 1.82) is 0 Å². The van der Waals surface area contributed by atoms with E-state index in [1.54, 1.807) is 24.4 Å². The number of anilines is 1. The number of hydrogen-bond donors (Lipinski definition) is 2. The third-order valence-corrected chi connectivity index (χ3v) is 4.03. The predicted molar refractivity (Wildman–Crippen MR) is 88.8 cm³/mol. The molecule has 0 saturated carbocycles. The molecule has 4 nitrogen and oxygen atoms in total. The second-order valence-electron chi connectivity index (χ2n) is 5.55. The summed E-state index contributed by atoms with van der Waals surface area (Å²) >= 11 is 0. The van der Waals surface area contributed by atoms with Gasteiger partial charge in [-0.25, -0.2) is 4.39 Å². The first kappa shape index (κ1) is 13.6. The van der Waals surface area contributed by atoms with Crippen LogP contribution in [-0.4, -0.2) is 14.7 Å². The molecule has 114 valence electrons. The maximum absolute atomic E-state index is 13.0. The molecule has 0 aliphatic rings.